The number of amides is 1. The number of carbonyl (C=O) groups is 7. The van der Waals surface area contributed by atoms with E-state index in [9.17, 15) is 39.0 Å². The van der Waals surface area contributed by atoms with Crippen LogP contribution in [0.5, 0.6) is 0 Å². The zero-order valence-electron chi connectivity index (χ0n) is 39.2. The van der Waals surface area contributed by atoms with Crippen molar-refractivity contribution < 1.29 is 73.2 Å². The molecule has 10 unspecified atom stereocenters. The molecule has 1 aliphatic heterocycles. The van der Waals surface area contributed by atoms with Crippen LogP contribution in [0.25, 0.3) is 0 Å². The van der Waals surface area contributed by atoms with Gasteiger partial charge in [0.05, 0.1) is 24.7 Å². The third kappa shape index (κ3) is 9.14. The fourth-order valence-electron chi connectivity index (χ4n) is 11.6. The first-order valence-corrected chi connectivity index (χ1v) is 22.9. The highest BCUT2D eigenvalue weighted by Gasteiger charge is 2.75. The molecule has 2 saturated carbocycles. The lowest BCUT2D eigenvalue weighted by Gasteiger charge is -2.69. The lowest BCUT2D eigenvalue weighted by molar-refractivity contribution is -0.407. The number of hydrogen-bond donors (Lipinski definition) is 4. The summed E-state index contributed by atoms with van der Waals surface area (Å²) in [6.45, 7) is 9.34. The van der Waals surface area contributed by atoms with E-state index >= 15 is 4.79 Å². The molecule has 2 bridgehead atoms. The monoisotopic (exact) mass is 937 g/mol. The fourth-order valence-corrected chi connectivity index (χ4v) is 11.6. The van der Waals surface area contributed by atoms with Crippen LogP contribution in [0.15, 0.2) is 102 Å². The van der Waals surface area contributed by atoms with Crippen molar-refractivity contribution in [1.82, 2.24) is 5.32 Å². The first kappa shape index (κ1) is 49.8. The van der Waals surface area contributed by atoms with Gasteiger partial charge in [-0.3, -0.25) is 19.2 Å². The molecular formula is C52H61N2O14+. The highest BCUT2D eigenvalue weighted by molar-refractivity contribution is 5.96. The highest BCUT2D eigenvalue weighted by Crippen LogP contribution is 2.67. The first-order valence-electron chi connectivity index (χ1n) is 22.9. The molecule has 68 heavy (non-hydrogen) atoms. The van der Waals surface area contributed by atoms with Gasteiger partial charge in [-0.1, -0.05) is 99.6 Å². The van der Waals surface area contributed by atoms with Crippen molar-refractivity contribution in [3.63, 3.8) is 0 Å². The fraction of sp³-hybridized carbons (Fsp3) is 0.481. The van der Waals surface area contributed by atoms with E-state index in [4.69, 9.17) is 23.7 Å². The molecule has 0 radical (unpaired) electrons. The van der Waals surface area contributed by atoms with E-state index in [1.807, 2.05) is 0 Å². The van der Waals surface area contributed by atoms with E-state index in [1.54, 1.807) is 119 Å². The quantitative estimate of drug-likeness (QED) is 0.0554. The number of hydrogen-bond acceptors (Lipinski definition) is 14. The first-order chi connectivity index (χ1) is 32.2. The smallest absolute Gasteiger partial charge is 0.366 e. The van der Waals surface area contributed by atoms with Crippen LogP contribution >= 0.6 is 0 Å². The third-order valence-corrected chi connectivity index (χ3v) is 15.0. The molecule has 1 saturated heterocycles. The average Bonchev–Trinajstić information content (AvgIpc) is 3.29. The van der Waals surface area contributed by atoms with Gasteiger partial charge in [0.2, 0.25) is 6.10 Å². The van der Waals surface area contributed by atoms with Gasteiger partial charge in [0.25, 0.3) is 5.91 Å². The summed E-state index contributed by atoms with van der Waals surface area (Å²) >= 11 is 0. The van der Waals surface area contributed by atoms with Gasteiger partial charge in [0, 0.05) is 66.9 Å². The maximum absolute atomic E-state index is 15.2. The Labute approximate surface area is 394 Å². The van der Waals surface area contributed by atoms with Crippen LogP contribution in [0.1, 0.15) is 106 Å². The number of fused-ring (bicyclic) bond motifs is 5. The molecule has 3 aromatic carbocycles. The van der Waals surface area contributed by atoms with Crippen molar-refractivity contribution >= 4 is 41.9 Å². The van der Waals surface area contributed by atoms with E-state index in [0.717, 1.165) is 0 Å². The molecule has 6 N–H and O–H groups in total. The van der Waals surface area contributed by atoms with Crippen molar-refractivity contribution in [2.24, 2.45) is 22.7 Å². The predicted octanol–water partition coefficient (Wildman–Crippen LogP) is 3.97. The van der Waals surface area contributed by atoms with Crippen LogP contribution in [0.4, 0.5) is 0 Å². The van der Waals surface area contributed by atoms with Crippen molar-refractivity contribution in [3.05, 3.63) is 119 Å². The molecule has 0 spiro atoms. The minimum atomic E-state index is -2.10. The third-order valence-electron chi connectivity index (χ3n) is 15.0. The molecule has 16 heteroatoms. The van der Waals surface area contributed by atoms with Gasteiger partial charge in [-0.05, 0) is 42.2 Å². The number of aliphatic hydroxyl groups excluding tert-OH is 1. The molecule has 16 nitrogen and oxygen atoms in total. The molecule has 12 atom stereocenters. The molecule has 1 amide bonds. The number of benzene rings is 3. The second-order valence-corrected chi connectivity index (χ2v) is 19.4. The second kappa shape index (κ2) is 19.5. The minimum Gasteiger partial charge on any atom is -0.458 e. The predicted molar refractivity (Wildman–Crippen MR) is 242 cm³/mol. The number of carbonyl (C=O) groups excluding carboxylic acids is 7. The average molecular weight is 938 g/mol. The number of Topliss-reactive ketones (excluding diaryl/α,β-unsaturated/α-hetero) is 1. The number of nitrogens with one attached hydrogen (secondary N) is 1. The lowest BCUT2D eigenvalue weighted by atomic mass is 9.42. The maximum Gasteiger partial charge on any atom is 0.366 e. The largest absolute Gasteiger partial charge is 0.458 e. The zero-order valence-corrected chi connectivity index (χ0v) is 39.2. The standard InChI is InChI=1S/C52H60N2O14/c1-29-38(66-48(62)44(67-47(61)36(53)22-23-55)43(33-18-12-8-13-19-33)54-46(60)34-20-14-9-15-21-34)27-52(63)35(24-37(58)32-16-10-7-11-17-32)45-50(6,26-39(65-30(2)56)42(29)49(52,4)5)40(59)25-41-51(45,28-64-41)68-31(3)57/h7-21,23,35-36,38-41,43-45,59,63H,22,24-28,53H2,1-6H3,(H,54,60)/p+1/t35-,36?,38?,39?,40?,41?,43?,44?,45?,50+,51?,52?/m0/s1. The summed E-state index contributed by atoms with van der Waals surface area (Å²) in [6, 6.07) is 22.3. The molecule has 0 aromatic heterocycles. The number of ketones is 1. The van der Waals surface area contributed by atoms with Crippen molar-refractivity contribution in [1.29, 1.82) is 0 Å². The Morgan fingerprint density at radius 3 is 2.00 bits per heavy atom. The van der Waals surface area contributed by atoms with E-state index in [0.29, 0.717) is 28.6 Å². The SMILES string of the molecule is CC(=O)OC1C[C@]2(C)C(O)CC3OCC3(OC(C)=O)C2[C@H](CC(=O)c2ccccc2)C2(O)CC(OC(=O)C(OC(=O)C([NH3+])CC=O)C(NC(=O)c3ccccc3)c3ccccc3)C(C)=C1C2(C)C. The molecule has 3 aromatic rings. The van der Waals surface area contributed by atoms with Gasteiger partial charge in [0.15, 0.2) is 17.4 Å². The summed E-state index contributed by atoms with van der Waals surface area (Å²) in [7, 11) is 0. The molecule has 3 fully saturated rings. The topological polar surface area (TPSA) is 246 Å². The highest BCUT2D eigenvalue weighted by atomic mass is 16.6. The van der Waals surface area contributed by atoms with E-state index in [2.05, 4.69) is 11.1 Å². The van der Waals surface area contributed by atoms with E-state index in [-0.39, 0.29) is 50.1 Å². The van der Waals surface area contributed by atoms with Crippen LogP contribution in [0, 0.1) is 22.7 Å². The Kier molecular flexibility index (Phi) is 14.3. The van der Waals surface area contributed by atoms with Gasteiger partial charge < -0.3 is 49.7 Å². The normalized spacial score (nSPS) is 30.4. The van der Waals surface area contributed by atoms with Crippen molar-refractivity contribution in [2.75, 3.05) is 6.61 Å². The summed E-state index contributed by atoms with van der Waals surface area (Å²) in [5.41, 5.74) is -0.826. The number of quaternary nitrogens is 1. The Hall–Kier alpha value is -6.07. The number of aldehydes is 1. The summed E-state index contributed by atoms with van der Waals surface area (Å²) in [4.78, 5) is 95.2. The zero-order chi connectivity index (χ0) is 49.3. The number of aliphatic hydroxyl groups is 2. The Balaban J connectivity index is 1.41. The van der Waals surface area contributed by atoms with Crippen LogP contribution in [0.2, 0.25) is 0 Å². The van der Waals surface area contributed by atoms with Crippen LogP contribution in [-0.2, 0) is 47.7 Å². The summed E-state index contributed by atoms with van der Waals surface area (Å²) < 4.78 is 30.8. The Morgan fingerprint density at radius 2 is 1.44 bits per heavy atom. The molecule has 1 heterocycles. The number of rotatable bonds is 15. The number of esters is 4. The number of ether oxygens (including phenoxy) is 5. The van der Waals surface area contributed by atoms with Gasteiger partial charge in [-0.2, -0.15) is 0 Å². The molecular weight excluding hydrogens is 877 g/mol. The lowest BCUT2D eigenvalue weighted by Crippen LogP contribution is -2.78. The summed E-state index contributed by atoms with van der Waals surface area (Å²) in [5.74, 6) is -6.67. The minimum absolute atomic E-state index is 0.0387. The van der Waals surface area contributed by atoms with Crippen molar-refractivity contribution in [3.8, 4) is 0 Å². The van der Waals surface area contributed by atoms with Crippen LogP contribution in [-0.4, -0.2) is 106 Å². The van der Waals surface area contributed by atoms with Gasteiger partial charge in [-0.25, -0.2) is 9.59 Å². The molecule has 3 aliphatic carbocycles. The molecule has 7 rings (SSSR count). The second-order valence-electron chi connectivity index (χ2n) is 19.4. The molecule has 4 aliphatic rings. The van der Waals surface area contributed by atoms with Gasteiger partial charge >= 0.3 is 23.9 Å². The van der Waals surface area contributed by atoms with E-state index in [1.165, 1.54) is 13.8 Å². The van der Waals surface area contributed by atoms with Gasteiger partial charge in [-0.15, -0.1) is 0 Å². The Morgan fingerprint density at radius 1 is 0.838 bits per heavy atom. The van der Waals surface area contributed by atoms with Crippen LogP contribution in [0.3, 0.4) is 0 Å². The van der Waals surface area contributed by atoms with Crippen molar-refractivity contribution in [2.45, 2.75) is 127 Å². The molecule has 362 valence electrons. The van der Waals surface area contributed by atoms with Gasteiger partial charge in [0.1, 0.15) is 30.6 Å². The Bertz CT molecular complexity index is 2440. The summed E-state index contributed by atoms with van der Waals surface area (Å²) in [5, 5.41) is 29.1. The van der Waals surface area contributed by atoms with E-state index < -0.39 is 106 Å². The van der Waals surface area contributed by atoms with Crippen LogP contribution < -0.4 is 11.1 Å². The maximum atomic E-state index is 15.2. The summed E-state index contributed by atoms with van der Waals surface area (Å²) in [6.07, 6.45) is -7.03.